The van der Waals surface area contributed by atoms with Gasteiger partial charge in [-0.3, -0.25) is 4.79 Å². The molecule has 0 radical (unpaired) electrons. The van der Waals surface area contributed by atoms with Crippen molar-refractivity contribution in [2.75, 3.05) is 14.1 Å². The maximum Gasteiger partial charge on any atom is 0.251 e. The number of rotatable bonds is 4. The molecule has 3 nitrogen and oxygen atoms in total. The Balaban J connectivity index is 1.42. The van der Waals surface area contributed by atoms with Crippen LogP contribution < -0.4 is 5.32 Å². The molecule has 0 heterocycles. The molecule has 0 bridgehead atoms. The molecule has 1 amide bonds. The van der Waals surface area contributed by atoms with E-state index in [9.17, 15) is 4.79 Å². The molecule has 0 saturated heterocycles. The van der Waals surface area contributed by atoms with Crippen LogP contribution in [-0.4, -0.2) is 37.0 Å². The highest BCUT2D eigenvalue weighted by molar-refractivity contribution is 5.94. The van der Waals surface area contributed by atoms with Gasteiger partial charge in [-0.05, 0) is 110 Å². The van der Waals surface area contributed by atoms with E-state index < -0.39 is 0 Å². The van der Waals surface area contributed by atoms with Crippen molar-refractivity contribution in [2.45, 2.75) is 78.8 Å². The molecule has 1 saturated carbocycles. The summed E-state index contributed by atoms with van der Waals surface area (Å²) in [4.78, 5) is 15.4. The van der Waals surface area contributed by atoms with Gasteiger partial charge in [0.25, 0.3) is 5.91 Å². The molecule has 3 heteroatoms. The minimum Gasteiger partial charge on any atom is -0.345 e. The summed E-state index contributed by atoms with van der Waals surface area (Å²) in [5.74, 6) is 1.83. The lowest BCUT2D eigenvalue weighted by molar-refractivity contribution is -0.0110. The predicted octanol–water partition coefficient (Wildman–Crippen LogP) is 7.04. The average molecular weight is 487 g/mol. The van der Waals surface area contributed by atoms with Crippen molar-refractivity contribution in [3.8, 4) is 0 Å². The fraction of sp³-hybridized carbons (Fsp3) is 0.606. The van der Waals surface area contributed by atoms with Crippen molar-refractivity contribution in [3.05, 3.63) is 71.3 Å². The lowest BCUT2D eigenvalue weighted by Gasteiger charge is -2.54. The summed E-state index contributed by atoms with van der Waals surface area (Å²) in [6.45, 7) is 12.4. The summed E-state index contributed by atoms with van der Waals surface area (Å²) in [5.41, 5.74) is 4.41. The molecule has 7 atom stereocenters. The van der Waals surface area contributed by atoms with Crippen molar-refractivity contribution in [2.24, 2.45) is 34.0 Å². The number of allylic oxidation sites excluding steroid dienone is 5. The second-order valence-electron chi connectivity index (χ2n) is 13.4. The molecule has 1 fully saturated rings. The first-order chi connectivity index (χ1) is 17.0. The molecule has 1 N–H and O–H groups in total. The molecule has 0 aliphatic heterocycles. The zero-order valence-electron chi connectivity index (χ0n) is 23.5. The van der Waals surface area contributed by atoms with E-state index in [4.69, 9.17) is 0 Å². The maximum atomic E-state index is 13.0. The molecule has 36 heavy (non-hydrogen) atoms. The van der Waals surface area contributed by atoms with Gasteiger partial charge in [0.2, 0.25) is 0 Å². The molecule has 1 aromatic carbocycles. The van der Waals surface area contributed by atoms with E-state index in [1.165, 1.54) is 37.7 Å². The van der Waals surface area contributed by atoms with Crippen LogP contribution in [-0.2, 0) is 0 Å². The zero-order valence-corrected chi connectivity index (χ0v) is 23.5. The number of hydrogen-bond acceptors (Lipinski definition) is 2. The smallest absolute Gasteiger partial charge is 0.251 e. The van der Waals surface area contributed by atoms with E-state index in [2.05, 4.69) is 83.2 Å². The lowest BCUT2D eigenvalue weighted by atomic mass is 9.51. The largest absolute Gasteiger partial charge is 0.345 e. The van der Waals surface area contributed by atoms with Crippen molar-refractivity contribution < 1.29 is 4.79 Å². The minimum atomic E-state index is -0.0407. The van der Waals surface area contributed by atoms with Gasteiger partial charge in [-0.2, -0.15) is 0 Å². The van der Waals surface area contributed by atoms with Crippen LogP contribution in [0.5, 0.6) is 0 Å². The number of nitrogens with zero attached hydrogens (tertiary/aromatic N) is 1. The van der Waals surface area contributed by atoms with Gasteiger partial charge in [0.05, 0.1) is 6.04 Å². The Bertz CT molecular complexity index is 1100. The van der Waals surface area contributed by atoms with Crippen LogP contribution in [0.4, 0.5) is 0 Å². The van der Waals surface area contributed by atoms with Crippen LogP contribution in [0.15, 0.2) is 65.8 Å². The first-order valence-electron chi connectivity index (χ1n) is 14.1. The Hall–Kier alpha value is -2.13. The monoisotopic (exact) mass is 486 g/mol. The summed E-state index contributed by atoms with van der Waals surface area (Å²) < 4.78 is 0. The van der Waals surface area contributed by atoms with E-state index in [0.29, 0.717) is 28.7 Å². The molecule has 0 aromatic heterocycles. The first kappa shape index (κ1) is 25.5. The summed E-state index contributed by atoms with van der Waals surface area (Å²) in [6.07, 6.45) is 16.0. The second kappa shape index (κ2) is 9.01. The number of fused-ring (bicyclic) bond motifs is 4. The van der Waals surface area contributed by atoms with Crippen LogP contribution in [0.1, 0.15) is 77.1 Å². The van der Waals surface area contributed by atoms with Crippen LogP contribution in [0.3, 0.4) is 0 Å². The number of amides is 1. The molecule has 1 aromatic rings. The highest BCUT2D eigenvalue weighted by Crippen LogP contribution is 2.68. The van der Waals surface area contributed by atoms with Gasteiger partial charge < -0.3 is 10.2 Å². The molecule has 4 aliphatic carbocycles. The molecule has 194 valence electrons. The normalized spacial score (nSPS) is 37.7. The Morgan fingerprint density at radius 1 is 0.972 bits per heavy atom. The third kappa shape index (κ3) is 3.85. The molecular formula is C33H46N2O. The predicted molar refractivity (Wildman–Crippen MR) is 150 cm³/mol. The van der Waals surface area contributed by atoms with Crippen molar-refractivity contribution >= 4 is 5.91 Å². The van der Waals surface area contributed by atoms with Gasteiger partial charge in [0, 0.05) is 11.6 Å². The molecule has 5 rings (SSSR count). The van der Waals surface area contributed by atoms with Gasteiger partial charge in [0.1, 0.15) is 0 Å². The standard InChI is InChI=1S/C33H46N2O/c1-22(35(6)7)26-18-20-33(5)28-15-14-27-24(21-25(28)17-19-32(26,33)4)13-16-29(31(27,2)3)34-30(36)23-11-9-8-10-12-23/h8-13,16-17,21-22,26-29H,14-15,18-20H2,1-7H3,(H,34,36)/t22-,26+,27+,28+,29-,32+,33-/m0/s1. The minimum absolute atomic E-state index is 0.0195. The summed E-state index contributed by atoms with van der Waals surface area (Å²) in [6, 6.07) is 10.2. The quantitative estimate of drug-likeness (QED) is 0.495. The van der Waals surface area contributed by atoms with Crippen LogP contribution in [0.25, 0.3) is 0 Å². The Morgan fingerprint density at radius 3 is 2.36 bits per heavy atom. The topological polar surface area (TPSA) is 32.3 Å². The number of hydrogen-bond donors (Lipinski definition) is 1. The van der Waals surface area contributed by atoms with E-state index in [-0.39, 0.29) is 17.4 Å². The second-order valence-corrected chi connectivity index (χ2v) is 13.4. The third-order valence-corrected chi connectivity index (χ3v) is 11.4. The fourth-order valence-electron chi connectivity index (χ4n) is 8.54. The maximum absolute atomic E-state index is 13.0. The molecule has 4 aliphatic rings. The summed E-state index contributed by atoms with van der Waals surface area (Å²) in [5, 5.41) is 3.35. The lowest BCUT2D eigenvalue weighted by Crippen LogP contribution is -2.50. The van der Waals surface area contributed by atoms with E-state index in [1.54, 1.807) is 5.57 Å². The molecular weight excluding hydrogens is 440 g/mol. The number of nitrogens with one attached hydrogen (secondary N) is 1. The van der Waals surface area contributed by atoms with E-state index in [0.717, 1.165) is 11.5 Å². The van der Waals surface area contributed by atoms with Gasteiger partial charge in [0.15, 0.2) is 0 Å². The van der Waals surface area contributed by atoms with Gasteiger partial charge >= 0.3 is 0 Å². The zero-order chi connectivity index (χ0) is 25.9. The summed E-state index contributed by atoms with van der Waals surface area (Å²) in [7, 11) is 4.49. The number of benzene rings is 1. The first-order valence-corrected chi connectivity index (χ1v) is 14.1. The Morgan fingerprint density at radius 2 is 1.67 bits per heavy atom. The summed E-state index contributed by atoms with van der Waals surface area (Å²) >= 11 is 0. The van der Waals surface area contributed by atoms with E-state index >= 15 is 0 Å². The van der Waals surface area contributed by atoms with Gasteiger partial charge in [-0.25, -0.2) is 0 Å². The average Bonchev–Trinajstić information content (AvgIpc) is 2.99. The molecule has 0 unspecified atom stereocenters. The molecule has 0 spiro atoms. The Labute approximate surface area is 219 Å². The highest BCUT2D eigenvalue weighted by Gasteiger charge is 2.60. The number of carbonyl (C=O) groups is 1. The van der Waals surface area contributed by atoms with Crippen molar-refractivity contribution in [3.63, 3.8) is 0 Å². The third-order valence-electron chi connectivity index (χ3n) is 11.4. The fourth-order valence-corrected chi connectivity index (χ4v) is 8.54. The van der Waals surface area contributed by atoms with Crippen LogP contribution in [0, 0.1) is 34.0 Å². The van der Waals surface area contributed by atoms with Crippen molar-refractivity contribution in [1.82, 2.24) is 10.2 Å². The van der Waals surface area contributed by atoms with E-state index in [1.807, 2.05) is 30.3 Å². The van der Waals surface area contributed by atoms with Crippen LogP contribution in [0.2, 0.25) is 0 Å². The van der Waals surface area contributed by atoms with Gasteiger partial charge in [-0.1, -0.05) is 70.2 Å². The van der Waals surface area contributed by atoms with Gasteiger partial charge in [-0.15, -0.1) is 0 Å². The van der Waals surface area contributed by atoms with Crippen LogP contribution >= 0.6 is 0 Å². The Kier molecular flexibility index (Phi) is 6.39. The number of carbonyl (C=O) groups excluding carboxylic acids is 1. The SMILES string of the molecule is C[C@@H]([C@H]1CC[C@@]2(C)[C@@H]3CC[C@@H]4C(=CC3=CC[C@]12C)C=C[C@H](NC(=O)c1ccccc1)C4(C)C)N(C)C. The highest BCUT2D eigenvalue weighted by atomic mass is 16.1. The van der Waals surface area contributed by atoms with Crippen molar-refractivity contribution in [1.29, 1.82) is 0 Å².